The van der Waals surface area contributed by atoms with Gasteiger partial charge >= 0.3 is 0 Å². The molecule has 0 N–H and O–H groups in total. The number of hydrogen-bond acceptors (Lipinski definition) is 4. The maximum Gasteiger partial charge on any atom is 0.269 e. The number of nitrogens with zero attached hydrogens (tertiary/aromatic N) is 2. The van der Waals surface area contributed by atoms with Crippen LogP contribution < -0.4 is 0 Å². The molecule has 112 valence electrons. The Bertz CT molecular complexity index is 740. The molecule has 22 heavy (non-hydrogen) atoms. The molecular weight excluding hydrogens is 327 g/mol. The summed E-state index contributed by atoms with van der Waals surface area (Å²) in [7, 11) is 0. The van der Waals surface area contributed by atoms with Crippen molar-refractivity contribution in [3.05, 3.63) is 73.8 Å². The smallest absolute Gasteiger partial charge is 0.269 e. The quantitative estimate of drug-likeness (QED) is 0.615. The average Bonchev–Trinajstić information content (AvgIpc) is 2.97. The number of aliphatic imine (C=N–C) groups is 1. The number of non-ortho nitro benzene ring substituents is 1. The van der Waals surface area contributed by atoms with E-state index in [1.165, 1.54) is 12.1 Å². The average molecular weight is 337 g/mol. The van der Waals surface area contributed by atoms with E-state index < -0.39 is 11.2 Å². The van der Waals surface area contributed by atoms with E-state index in [2.05, 4.69) is 4.99 Å². The van der Waals surface area contributed by atoms with Crippen LogP contribution in [0.5, 0.6) is 0 Å². The summed E-state index contributed by atoms with van der Waals surface area (Å²) in [6, 6.07) is 11.4. The van der Waals surface area contributed by atoms with E-state index in [-0.39, 0.29) is 12.3 Å². The first-order valence-electron chi connectivity index (χ1n) is 6.43. The van der Waals surface area contributed by atoms with E-state index in [4.69, 9.17) is 27.9 Å². The molecule has 0 fully saturated rings. The first-order chi connectivity index (χ1) is 10.6. The molecule has 0 radical (unpaired) electrons. The summed E-state index contributed by atoms with van der Waals surface area (Å²) < 4.78 is 5.63. The molecule has 7 heteroatoms. The van der Waals surface area contributed by atoms with Gasteiger partial charge in [-0.25, -0.2) is 0 Å². The topological polar surface area (TPSA) is 64.7 Å². The first-order valence-corrected chi connectivity index (χ1v) is 7.19. The predicted molar refractivity (Wildman–Crippen MR) is 84.8 cm³/mol. The zero-order valence-electron chi connectivity index (χ0n) is 11.2. The molecule has 1 unspecified atom stereocenters. The van der Waals surface area contributed by atoms with Crippen LogP contribution in [0.3, 0.4) is 0 Å². The third-order valence-electron chi connectivity index (χ3n) is 3.29. The van der Waals surface area contributed by atoms with Gasteiger partial charge in [-0.15, -0.1) is 0 Å². The first kappa shape index (κ1) is 15.0. The zero-order valence-corrected chi connectivity index (χ0v) is 12.7. The van der Waals surface area contributed by atoms with Crippen LogP contribution in [0.1, 0.15) is 17.4 Å². The van der Waals surface area contributed by atoms with E-state index in [0.717, 1.165) is 5.56 Å². The minimum Gasteiger partial charge on any atom is -0.346 e. The number of nitro groups is 1. The molecule has 1 aliphatic heterocycles. The Hall–Kier alpha value is -1.95. The molecule has 0 spiro atoms. The van der Waals surface area contributed by atoms with Crippen molar-refractivity contribution in [1.29, 1.82) is 0 Å². The highest BCUT2D eigenvalue weighted by atomic mass is 35.5. The van der Waals surface area contributed by atoms with E-state index in [1.807, 2.05) is 0 Å². The van der Waals surface area contributed by atoms with Gasteiger partial charge in [0.2, 0.25) is 0 Å². The second-order valence-corrected chi connectivity index (χ2v) is 5.50. The Morgan fingerprint density at radius 2 is 1.77 bits per heavy atom. The van der Waals surface area contributed by atoms with Crippen LogP contribution in [0.25, 0.3) is 0 Å². The summed E-state index contributed by atoms with van der Waals surface area (Å²) in [5.74, 6) is 0. The Morgan fingerprint density at radius 1 is 1.14 bits per heavy atom. The molecule has 0 aromatic heterocycles. The fourth-order valence-electron chi connectivity index (χ4n) is 2.22. The molecule has 1 aliphatic rings. The number of nitro benzene ring substituents is 1. The van der Waals surface area contributed by atoms with Gasteiger partial charge in [-0.3, -0.25) is 15.1 Å². The number of hydrogen-bond donors (Lipinski definition) is 0. The highest BCUT2D eigenvalue weighted by molar-refractivity contribution is 6.40. The highest BCUT2D eigenvalue weighted by Gasteiger charge is 2.24. The maximum atomic E-state index is 10.7. The van der Waals surface area contributed by atoms with Crippen molar-refractivity contribution in [3.63, 3.8) is 0 Å². The molecule has 2 aromatic rings. The molecule has 0 saturated carbocycles. The van der Waals surface area contributed by atoms with Crippen molar-refractivity contribution < 1.29 is 9.66 Å². The van der Waals surface area contributed by atoms with Gasteiger partial charge in [0.05, 0.1) is 27.3 Å². The number of rotatable bonds is 3. The SMILES string of the molecule is O=[N+]([O-])c1ccc(C2N=C(c3c(Cl)cccc3Cl)CO2)cc1. The molecule has 2 aromatic carbocycles. The van der Waals surface area contributed by atoms with Gasteiger partial charge in [0, 0.05) is 23.3 Å². The van der Waals surface area contributed by atoms with Gasteiger partial charge in [0.1, 0.15) is 0 Å². The largest absolute Gasteiger partial charge is 0.346 e. The van der Waals surface area contributed by atoms with Gasteiger partial charge in [0.15, 0.2) is 6.23 Å². The maximum absolute atomic E-state index is 10.7. The third-order valence-corrected chi connectivity index (χ3v) is 3.92. The molecular formula is C15H10Cl2N2O3. The van der Waals surface area contributed by atoms with Crippen molar-refractivity contribution in [1.82, 2.24) is 0 Å². The Labute approximate surface area is 136 Å². The number of ether oxygens (including phenoxy) is 1. The van der Waals surface area contributed by atoms with Crippen molar-refractivity contribution in [2.24, 2.45) is 4.99 Å². The molecule has 0 saturated heterocycles. The monoisotopic (exact) mass is 336 g/mol. The lowest BCUT2D eigenvalue weighted by Gasteiger charge is -2.06. The van der Waals surface area contributed by atoms with Gasteiger partial charge < -0.3 is 4.74 Å². The fourth-order valence-corrected chi connectivity index (χ4v) is 2.83. The van der Waals surface area contributed by atoms with E-state index in [0.29, 0.717) is 21.3 Å². The molecule has 1 heterocycles. The van der Waals surface area contributed by atoms with E-state index in [9.17, 15) is 10.1 Å². The molecule has 0 aliphatic carbocycles. The lowest BCUT2D eigenvalue weighted by atomic mass is 10.1. The summed E-state index contributed by atoms with van der Waals surface area (Å²) in [4.78, 5) is 14.7. The Kier molecular flexibility index (Phi) is 4.11. The summed E-state index contributed by atoms with van der Waals surface area (Å²) >= 11 is 12.3. The van der Waals surface area contributed by atoms with Gasteiger partial charge in [-0.05, 0) is 24.3 Å². The van der Waals surface area contributed by atoms with Gasteiger partial charge in [-0.1, -0.05) is 29.3 Å². The third kappa shape index (κ3) is 2.83. The summed E-state index contributed by atoms with van der Waals surface area (Å²) in [6.07, 6.45) is -0.511. The minimum absolute atomic E-state index is 0.0279. The molecule has 0 bridgehead atoms. The van der Waals surface area contributed by atoms with Crippen molar-refractivity contribution in [3.8, 4) is 0 Å². The zero-order chi connectivity index (χ0) is 15.7. The van der Waals surface area contributed by atoms with E-state index in [1.54, 1.807) is 30.3 Å². The summed E-state index contributed by atoms with van der Waals surface area (Å²) in [5, 5.41) is 11.7. The van der Waals surface area contributed by atoms with Crippen LogP contribution in [-0.4, -0.2) is 17.2 Å². The molecule has 0 amide bonds. The second kappa shape index (κ2) is 6.04. The summed E-state index contributed by atoms with van der Waals surface area (Å²) in [5.41, 5.74) is 2.10. The lowest BCUT2D eigenvalue weighted by Crippen LogP contribution is -2.04. The fraction of sp³-hybridized carbons (Fsp3) is 0.133. The van der Waals surface area contributed by atoms with Crippen LogP contribution in [0.4, 0.5) is 5.69 Å². The van der Waals surface area contributed by atoms with Crippen molar-refractivity contribution in [2.45, 2.75) is 6.23 Å². The van der Waals surface area contributed by atoms with E-state index >= 15 is 0 Å². The van der Waals surface area contributed by atoms with Crippen molar-refractivity contribution in [2.75, 3.05) is 6.61 Å². The van der Waals surface area contributed by atoms with Crippen molar-refractivity contribution >= 4 is 34.6 Å². The molecule has 1 atom stereocenters. The Balaban J connectivity index is 1.89. The normalized spacial score (nSPS) is 17.4. The molecule has 5 nitrogen and oxygen atoms in total. The van der Waals surface area contributed by atoms with Gasteiger partial charge in [-0.2, -0.15) is 0 Å². The number of benzene rings is 2. The van der Waals surface area contributed by atoms with Crippen LogP contribution >= 0.6 is 23.2 Å². The summed E-state index contributed by atoms with van der Waals surface area (Å²) in [6.45, 7) is 0.283. The number of halogens is 2. The standard InChI is InChI=1S/C15H10Cl2N2O3/c16-11-2-1-3-12(17)14(11)13-8-22-15(18-13)9-4-6-10(7-5-9)19(20)21/h1-7,15H,8H2. The predicted octanol–water partition coefficient (Wildman–Crippen LogP) is 4.42. The lowest BCUT2D eigenvalue weighted by molar-refractivity contribution is -0.384. The Morgan fingerprint density at radius 3 is 2.36 bits per heavy atom. The second-order valence-electron chi connectivity index (χ2n) is 4.68. The van der Waals surface area contributed by atoms with Crippen LogP contribution in [0, 0.1) is 10.1 Å². The van der Waals surface area contributed by atoms with Crippen LogP contribution in [-0.2, 0) is 4.74 Å². The highest BCUT2D eigenvalue weighted by Crippen LogP contribution is 2.32. The minimum atomic E-state index is -0.511. The van der Waals surface area contributed by atoms with Crippen LogP contribution in [0.15, 0.2) is 47.5 Å². The molecule has 3 rings (SSSR count). The van der Waals surface area contributed by atoms with Crippen LogP contribution in [0.2, 0.25) is 10.0 Å². The van der Waals surface area contributed by atoms with Gasteiger partial charge in [0.25, 0.3) is 5.69 Å².